The summed E-state index contributed by atoms with van der Waals surface area (Å²) < 4.78 is 5.40. The maximum absolute atomic E-state index is 12.7. The average Bonchev–Trinajstić information content (AvgIpc) is 3.37. The zero-order valence-corrected chi connectivity index (χ0v) is 14.9. The first kappa shape index (κ1) is 17.0. The van der Waals surface area contributed by atoms with E-state index in [-0.39, 0.29) is 5.91 Å². The molecule has 1 amide bonds. The fourth-order valence-corrected chi connectivity index (χ4v) is 3.25. The lowest BCUT2D eigenvalue weighted by Crippen LogP contribution is -2.39. The lowest BCUT2D eigenvalue weighted by atomic mass is 10.1. The van der Waals surface area contributed by atoms with Crippen LogP contribution in [0.15, 0.2) is 60.9 Å². The minimum absolute atomic E-state index is 0.208. The van der Waals surface area contributed by atoms with E-state index in [0.29, 0.717) is 12.1 Å². The van der Waals surface area contributed by atoms with Crippen LogP contribution in [0.5, 0.6) is 0 Å². The number of anilines is 1. The van der Waals surface area contributed by atoms with Gasteiger partial charge in [0.1, 0.15) is 5.82 Å². The standard InChI is InChI=1S/C21H19N3O3/c1-14(20(25)24-13-10-15-4-2-3-5-18(15)24)27-21(26)17-8-6-16(7-9-17)19-22-11-12-23-19/h2-9,11-12,14H,10,13H2,1H3,(H,22,23). The Hall–Kier alpha value is -3.41. The Bertz CT molecular complexity index is 965. The second-order valence-electron chi connectivity index (χ2n) is 6.43. The normalized spacial score (nSPS) is 13.9. The van der Waals surface area contributed by atoms with Crippen molar-refractivity contribution in [2.24, 2.45) is 0 Å². The van der Waals surface area contributed by atoms with E-state index in [4.69, 9.17) is 4.74 Å². The van der Waals surface area contributed by atoms with Crippen LogP contribution in [0.1, 0.15) is 22.8 Å². The van der Waals surface area contributed by atoms with Gasteiger partial charge in [-0.3, -0.25) is 4.79 Å². The first-order chi connectivity index (χ1) is 13.1. The first-order valence-electron chi connectivity index (χ1n) is 8.83. The van der Waals surface area contributed by atoms with Crippen LogP contribution in [-0.4, -0.2) is 34.5 Å². The third-order valence-electron chi connectivity index (χ3n) is 4.68. The number of hydrogen-bond donors (Lipinski definition) is 1. The van der Waals surface area contributed by atoms with Crippen LogP contribution >= 0.6 is 0 Å². The average molecular weight is 361 g/mol. The molecule has 0 saturated heterocycles. The van der Waals surface area contributed by atoms with Gasteiger partial charge in [0, 0.05) is 30.2 Å². The molecule has 0 radical (unpaired) electrons. The number of fused-ring (bicyclic) bond motifs is 1. The Morgan fingerprint density at radius 3 is 2.67 bits per heavy atom. The maximum Gasteiger partial charge on any atom is 0.338 e. The number of nitrogens with one attached hydrogen (secondary N) is 1. The summed E-state index contributed by atoms with van der Waals surface area (Å²) in [7, 11) is 0. The Kier molecular flexibility index (Phi) is 4.46. The van der Waals surface area contributed by atoms with Crippen molar-refractivity contribution in [2.75, 3.05) is 11.4 Å². The van der Waals surface area contributed by atoms with Gasteiger partial charge in [-0.05, 0) is 37.1 Å². The molecule has 1 atom stereocenters. The van der Waals surface area contributed by atoms with Crippen molar-refractivity contribution in [3.63, 3.8) is 0 Å². The van der Waals surface area contributed by atoms with E-state index in [0.717, 1.165) is 29.1 Å². The van der Waals surface area contributed by atoms with Gasteiger partial charge in [0.25, 0.3) is 5.91 Å². The van der Waals surface area contributed by atoms with Crippen molar-refractivity contribution in [1.29, 1.82) is 0 Å². The van der Waals surface area contributed by atoms with Gasteiger partial charge in [0.05, 0.1) is 5.56 Å². The first-order valence-corrected chi connectivity index (χ1v) is 8.83. The second-order valence-corrected chi connectivity index (χ2v) is 6.43. The summed E-state index contributed by atoms with van der Waals surface area (Å²) in [6.45, 7) is 2.22. The van der Waals surface area contributed by atoms with Gasteiger partial charge in [0.2, 0.25) is 0 Å². The van der Waals surface area contributed by atoms with Gasteiger partial charge in [0.15, 0.2) is 6.10 Å². The number of amides is 1. The summed E-state index contributed by atoms with van der Waals surface area (Å²) in [5.74, 6) is 0.000921. The number of carbonyl (C=O) groups excluding carboxylic acids is 2. The lowest BCUT2D eigenvalue weighted by molar-refractivity contribution is -0.126. The van der Waals surface area contributed by atoms with Crippen LogP contribution in [0.4, 0.5) is 5.69 Å². The van der Waals surface area contributed by atoms with Gasteiger partial charge in [-0.15, -0.1) is 0 Å². The highest BCUT2D eigenvalue weighted by Gasteiger charge is 2.29. The number of ether oxygens (including phenoxy) is 1. The van der Waals surface area contributed by atoms with Crippen molar-refractivity contribution < 1.29 is 14.3 Å². The summed E-state index contributed by atoms with van der Waals surface area (Å²) in [6.07, 6.45) is 3.37. The van der Waals surface area contributed by atoms with Crippen molar-refractivity contribution in [3.05, 3.63) is 72.1 Å². The molecule has 1 N–H and O–H groups in total. The number of H-pyrrole nitrogens is 1. The van der Waals surface area contributed by atoms with E-state index in [9.17, 15) is 9.59 Å². The third-order valence-corrected chi connectivity index (χ3v) is 4.68. The number of para-hydroxylation sites is 1. The summed E-state index contributed by atoms with van der Waals surface area (Å²) in [6, 6.07) is 14.7. The highest BCUT2D eigenvalue weighted by molar-refractivity contribution is 6.00. The van der Waals surface area contributed by atoms with E-state index in [1.165, 1.54) is 0 Å². The molecule has 0 bridgehead atoms. The predicted octanol–water partition coefficient (Wildman–Crippen LogP) is 3.21. The fraction of sp³-hybridized carbons (Fsp3) is 0.190. The predicted molar refractivity (Wildman–Crippen MR) is 101 cm³/mol. The molecule has 2 heterocycles. The van der Waals surface area contributed by atoms with Crippen molar-refractivity contribution in [1.82, 2.24) is 9.97 Å². The molecule has 1 aliphatic rings. The Morgan fingerprint density at radius 1 is 1.15 bits per heavy atom. The number of hydrogen-bond acceptors (Lipinski definition) is 4. The number of aromatic amines is 1. The van der Waals surface area contributed by atoms with Crippen LogP contribution in [0.25, 0.3) is 11.4 Å². The third kappa shape index (κ3) is 3.33. The van der Waals surface area contributed by atoms with E-state index in [1.54, 1.807) is 48.5 Å². The molecule has 0 fully saturated rings. The molecule has 4 rings (SSSR count). The van der Waals surface area contributed by atoms with Crippen molar-refractivity contribution >= 4 is 17.6 Å². The largest absolute Gasteiger partial charge is 0.449 e. The molecule has 3 aromatic rings. The van der Waals surface area contributed by atoms with Gasteiger partial charge < -0.3 is 14.6 Å². The molecule has 0 aliphatic carbocycles. The van der Waals surface area contributed by atoms with Crippen LogP contribution in [0.3, 0.4) is 0 Å². The molecular weight excluding hydrogens is 342 g/mol. The quantitative estimate of drug-likeness (QED) is 0.724. The molecule has 27 heavy (non-hydrogen) atoms. The summed E-state index contributed by atoms with van der Waals surface area (Å²) >= 11 is 0. The Labute approximate surface area is 156 Å². The highest BCUT2D eigenvalue weighted by Crippen LogP contribution is 2.28. The van der Waals surface area contributed by atoms with Crippen LogP contribution in [-0.2, 0) is 16.0 Å². The molecule has 6 nitrogen and oxygen atoms in total. The smallest absolute Gasteiger partial charge is 0.338 e. The topological polar surface area (TPSA) is 75.3 Å². The zero-order valence-electron chi connectivity index (χ0n) is 14.9. The number of benzene rings is 2. The number of carbonyl (C=O) groups is 2. The number of rotatable bonds is 4. The lowest BCUT2D eigenvalue weighted by Gasteiger charge is -2.21. The van der Waals surface area contributed by atoms with Crippen LogP contribution in [0, 0.1) is 0 Å². The monoisotopic (exact) mass is 361 g/mol. The van der Waals surface area contributed by atoms with Crippen molar-refractivity contribution in [2.45, 2.75) is 19.4 Å². The fourth-order valence-electron chi connectivity index (χ4n) is 3.25. The van der Waals surface area contributed by atoms with Crippen LogP contribution in [0.2, 0.25) is 0 Å². The number of nitrogens with zero attached hydrogens (tertiary/aromatic N) is 2. The minimum Gasteiger partial charge on any atom is -0.449 e. The molecule has 1 unspecified atom stereocenters. The van der Waals surface area contributed by atoms with E-state index in [2.05, 4.69) is 9.97 Å². The van der Waals surface area contributed by atoms with Gasteiger partial charge >= 0.3 is 5.97 Å². The van der Waals surface area contributed by atoms with Gasteiger partial charge in [-0.2, -0.15) is 0 Å². The van der Waals surface area contributed by atoms with Gasteiger partial charge in [-0.1, -0.05) is 30.3 Å². The number of aromatic nitrogens is 2. The van der Waals surface area contributed by atoms with E-state index in [1.807, 2.05) is 24.3 Å². The van der Waals surface area contributed by atoms with Gasteiger partial charge in [-0.25, -0.2) is 9.78 Å². The summed E-state index contributed by atoms with van der Waals surface area (Å²) in [5.41, 5.74) is 3.30. The summed E-state index contributed by atoms with van der Waals surface area (Å²) in [4.78, 5) is 34.0. The number of imidazole rings is 1. The minimum atomic E-state index is -0.853. The molecule has 1 aliphatic heterocycles. The SMILES string of the molecule is CC(OC(=O)c1ccc(-c2ncc[nH]2)cc1)C(=O)N1CCc2ccccc21. The Balaban J connectivity index is 1.43. The molecule has 2 aromatic carbocycles. The molecule has 0 spiro atoms. The Morgan fingerprint density at radius 2 is 1.93 bits per heavy atom. The number of esters is 1. The maximum atomic E-state index is 12.7. The van der Waals surface area contributed by atoms with Crippen molar-refractivity contribution in [3.8, 4) is 11.4 Å². The molecule has 6 heteroatoms. The molecule has 0 saturated carbocycles. The van der Waals surface area contributed by atoms with E-state index >= 15 is 0 Å². The molecular formula is C21H19N3O3. The van der Waals surface area contributed by atoms with E-state index < -0.39 is 12.1 Å². The second kappa shape index (κ2) is 7.07. The highest BCUT2D eigenvalue weighted by atomic mass is 16.5. The molecule has 1 aromatic heterocycles. The summed E-state index contributed by atoms with van der Waals surface area (Å²) in [5, 5.41) is 0. The zero-order chi connectivity index (χ0) is 18.8. The molecule has 136 valence electrons. The van der Waals surface area contributed by atoms with Crippen LogP contribution < -0.4 is 4.90 Å².